The average molecular weight is 490 g/mol. The SMILES string of the molecule is O=C1CCC(N2C(=O)c3cccc(-c4ccccc4CCNC(=O)C4CCOCC4)c3C2=O)C(=O)N1. The number of piperidine rings is 1. The van der Waals surface area contributed by atoms with Gasteiger partial charge in [0.1, 0.15) is 6.04 Å². The van der Waals surface area contributed by atoms with Gasteiger partial charge in [0.2, 0.25) is 17.7 Å². The molecule has 0 aromatic heterocycles. The van der Waals surface area contributed by atoms with Gasteiger partial charge in [0, 0.05) is 32.1 Å². The number of fused-ring (bicyclic) bond motifs is 1. The van der Waals surface area contributed by atoms with E-state index < -0.39 is 29.7 Å². The largest absolute Gasteiger partial charge is 0.381 e. The Morgan fingerprint density at radius 3 is 2.42 bits per heavy atom. The predicted molar refractivity (Wildman–Crippen MR) is 129 cm³/mol. The molecule has 2 fully saturated rings. The van der Waals surface area contributed by atoms with Crippen LogP contribution in [0.4, 0.5) is 0 Å². The van der Waals surface area contributed by atoms with Gasteiger partial charge in [-0.25, -0.2) is 0 Å². The summed E-state index contributed by atoms with van der Waals surface area (Å²) in [6.45, 7) is 1.64. The van der Waals surface area contributed by atoms with E-state index in [1.807, 2.05) is 24.3 Å². The van der Waals surface area contributed by atoms with Crippen LogP contribution in [0.1, 0.15) is 52.0 Å². The summed E-state index contributed by atoms with van der Waals surface area (Å²) in [7, 11) is 0. The van der Waals surface area contributed by atoms with E-state index in [1.54, 1.807) is 18.2 Å². The van der Waals surface area contributed by atoms with E-state index in [0.29, 0.717) is 31.7 Å². The number of ether oxygens (including phenoxy) is 1. The van der Waals surface area contributed by atoms with Gasteiger partial charge in [0.05, 0.1) is 11.1 Å². The minimum atomic E-state index is -1.02. The van der Waals surface area contributed by atoms with Gasteiger partial charge in [-0.15, -0.1) is 0 Å². The molecule has 186 valence electrons. The number of benzene rings is 2. The maximum Gasteiger partial charge on any atom is 0.262 e. The van der Waals surface area contributed by atoms with E-state index in [4.69, 9.17) is 4.74 Å². The Hall–Kier alpha value is -3.85. The zero-order valence-corrected chi connectivity index (χ0v) is 19.7. The molecule has 9 nitrogen and oxygen atoms in total. The molecule has 1 unspecified atom stereocenters. The maximum absolute atomic E-state index is 13.5. The predicted octanol–water partition coefficient (Wildman–Crippen LogP) is 1.84. The summed E-state index contributed by atoms with van der Waals surface area (Å²) in [5.41, 5.74) is 2.82. The molecule has 2 aromatic carbocycles. The second-order valence-corrected chi connectivity index (χ2v) is 9.26. The van der Waals surface area contributed by atoms with E-state index in [9.17, 15) is 24.0 Å². The lowest BCUT2D eigenvalue weighted by atomic mass is 9.92. The molecule has 0 saturated carbocycles. The van der Waals surface area contributed by atoms with Crippen molar-refractivity contribution in [2.45, 2.75) is 38.1 Å². The van der Waals surface area contributed by atoms with Gasteiger partial charge >= 0.3 is 0 Å². The zero-order chi connectivity index (χ0) is 25.2. The molecule has 5 rings (SSSR count). The highest BCUT2D eigenvalue weighted by molar-refractivity contribution is 6.25. The van der Waals surface area contributed by atoms with Gasteiger partial charge in [-0.1, -0.05) is 36.4 Å². The Kier molecular flexibility index (Phi) is 6.65. The summed E-state index contributed by atoms with van der Waals surface area (Å²) < 4.78 is 5.33. The van der Waals surface area contributed by atoms with E-state index in [1.165, 1.54) is 0 Å². The van der Waals surface area contributed by atoms with Crippen LogP contribution < -0.4 is 10.6 Å². The highest BCUT2D eigenvalue weighted by atomic mass is 16.5. The van der Waals surface area contributed by atoms with Crippen molar-refractivity contribution >= 4 is 29.5 Å². The second-order valence-electron chi connectivity index (χ2n) is 9.26. The van der Waals surface area contributed by atoms with Crippen LogP contribution in [0.2, 0.25) is 0 Å². The highest BCUT2D eigenvalue weighted by Crippen LogP contribution is 2.36. The van der Waals surface area contributed by atoms with Crippen LogP contribution >= 0.6 is 0 Å². The molecule has 36 heavy (non-hydrogen) atoms. The molecule has 3 heterocycles. The highest BCUT2D eigenvalue weighted by Gasteiger charge is 2.45. The minimum absolute atomic E-state index is 0.0250. The molecule has 3 aliphatic heterocycles. The molecule has 3 aliphatic rings. The van der Waals surface area contributed by atoms with Gasteiger partial charge in [-0.2, -0.15) is 0 Å². The average Bonchev–Trinajstić information content (AvgIpc) is 3.15. The van der Waals surface area contributed by atoms with Crippen molar-refractivity contribution in [2.24, 2.45) is 5.92 Å². The number of carbonyl (C=O) groups excluding carboxylic acids is 5. The van der Waals surface area contributed by atoms with Crippen molar-refractivity contribution in [1.29, 1.82) is 0 Å². The fraction of sp³-hybridized carbons (Fsp3) is 0.370. The fourth-order valence-corrected chi connectivity index (χ4v) is 5.16. The van der Waals surface area contributed by atoms with Crippen molar-refractivity contribution in [3.63, 3.8) is 0 Å². The lowest BCUT2D eigenvalue weighted by Crippen LogP contribution is -2.54. The number of amides is 5. The third kappa shape index (κ3) is 4.42. The van der Waals surface area contributed by atoms with E-state index in [2.05, 4.69) is 10.6 Å². The van der Waals surface area contributed by atoms with Crippen molar-refractivity contribution in [2.75, 3.05) is 19.8 Å². The maximum atomic E-state index is 13.5. The first kappa shape index (κ1) is 23.9. The van der Waals surface area contributed by atoms with E-state index in [0.717, 1.165) is 28.9 Å². The molecule has 1 atom stereocenters. The second kappa shape index (κ2) is 10.0. The standard InChI is InChI=1S/C27H27N3O6/c31-22-9-8-21(25(33)29-22)30-26(34)20-7-3-6-19(23(20)27(30)35)18-5-2-1-4-16(18)10-13-28-24(32)17-11-14-36-15-12-17/h1-7,17,21H,8-15H2,(H,28,32)(H,29,31,33). The van der Waals surface area contributed by atoms with Crippen LogP contribution in [0, 0.1) is 5.92 Å². The number of hydrogen-bond donors (Lipinski definition) is 2. The third-order valence-electron chi connectivity index (χ3n) is 7.06. The summed E-state index contributed by atoms with van der Waals surface area (Å²) in [4.78, 5) is 64.1. The van der Waals surface area contributed by atoms with Crippen molar-refractivity contribution < 1.29 is 28.7 Å². The van der Waals surface area contributed by atoms with Gasteiger partial charge in [0.15, 0.2) is 0 Å². The third-order valence-corrected chi connectivity index (χ3v) is 7.06. The number of imide groups is 2. The fourth-order valence-electron chi connectivity index (χ4n) is 5.16. The first-order valence-electron chi connectivity index (χ1n) is 12.2. The Bertz CT molecular complexity index is 1250. The Labute approximate surface area is 208 Å². The summed E-state index contributed by atoms with van der Waals surface area (Å²) in [5.74, 6) is -2.13. The Morgan fingerprint density at radius 2 is 1.64 bits per heavy atom. The molecular formula is C27H27N3O6. The first-order chi connectivity index (χ1) is 17.5. The Balaban J connectivity index is 1.38. The number of nitrogens with one attached hydrogen (secondary N) is 2. The topological polar surface area (TPSA) is 122 Å². The molecule has 0 bridgehead atoms. The van der Waals surface area contributed by atoms with Gasteiger partial charge in [-0.3, -0.25) is 34.2 Å². The van der Waals surface area contributed by atoms with Crippen molar-refractivity contribution in [3.05, 3.63) is 59.2 Å². The van der Waals surface area contributed by atoms with Crippen LogP contribution in [0.5, 0.6) is 0 Å². The van der Waals surface area contributed by atoms with Crippen LogP contribution in [0.3, 0.4) is 0 Å². The monoisotopic (exact) mass is 489 g/mol. The quantitative estimate of drug-likeness (QED) is 0.597. The van der Waals surface area contributed by atoms with E-state index >= 15 is 0 Å². The molecule has 5 amide bonds. The number of hydrogen-bond acceptors (Lipinski definition) is 6. The van der Waals surface area contributed by atoms with Crippen LogP contribution in [-0.4, -0.2) is 60.2 Å². The van der Waals surface area contributed by atoms with Crippen molar-refractivity contribution in [3.8, 4) is 11.1 Å². The normalized spacial score (nSPS) is 20.3. The van der Waals surface area contributed by atoms with Crippen LogP contribution in [-0.2, 0) is 25.5 Å². The van der Waals surface area contributed by atoms with Gasteiger partial charge in [-0.05, 0) is 48.4 Å². The van der Waals surface area contributed by atoms with Crippen LogP contribution in [0.15, 0.2) is 42.5 Å². The van der Waals surface area contributed by atoms with Gasteiger partial charge < -0.3 is 10.1 Å². The van der Waals surface area contributed by atoms with E-state index in [-0.39, 0.29) is 35.8 Å². The number of rotatable bonds is 6. The molecule has 9 heteroatoms. The lowest BCUT2D eigenvalue weighted by molar-refractivity contribution is -0.136. The summed E-state index contributed by atoms with van der Waals surface area (Å²) >= 11 is 0. The summed E-state index contributed by atoms with van der Waals surface area (Å²) in [6, 6.07) is 11.7. The summed E-state index contributed by atoms with van der Waals surface area (Å²) in [5, 5.41) is 5.23. The summed E-state index contributed by atoms with van der Waals surface area (Å²) in [6.07, 6.45) is 2.17. The first-order valence-corrected chi connectivity index (χ1v) is 12.2. The smallest absolute Gasteiger partial charge is 0.262 e. The molecule has 2 saturated heterocycles. The molecule has 2 N–H and O–H groups in total. The molecule has 0 aliphatic carbocycles. The molecule has 0 spiro atoms. The van der Waals surface area contributed by atoms with Gasteiger partial charge in [0.25, 0.3) is 11.8 Å². The Morgan fingerprint density at radius 1 is 0.917 bits per heavy atom. The number of nitrogens with zero attached hydrogens (tertiary/aromatic N) is 1. The minimum Gasteiger partial charge on any atom is -0.381 e. The van der Waals surface area contributed by atoms with Crippen LogP contribution in [0.25, 0.3) is 11.1 Å². The van der Waals surface area contributed by atoms with Crippen molar-refractivity contribution in [1.82, 2.24) is 15.5 Å². The number of carbonyl (C=O) groups is 5. The lowest BCUT2D eigenvalue weighted by Gasteiger charge is -2.27. The zero-order valence-electron chi connectivity index (χ0n) is 19.7. The molecule has 0 radical (unpaired) electrons. The molecular weight excluding hydrogens is 462 g/mol. The molecule has 2 aromatic rings.